The van der Waals surface area contributed by atoms with E-state index in [1.165, 1.54) is 11.9 Å². The molecular formula is C46H54N12O4. The first-order valence-corrected chi connectivity index (χ1v) is 21.3. The molecule has 322 valence electrons. The van der Waals surface area contributed by atoms with Gasteiger partial charge in [0.15, 0.2) is 0 Å². The average Bonchev–Trinajstić information content (AvgIpc) is 3.55. The number of rotatable bonds is 13. The molecule has 2 fully saturated rings. The van der Waals surface area contributed by atoms with E-state index in [2.05, 4.69) is 70.9 Å². The topological polar surface area (TPSA) is 187 Å². The molecule has 0 atom stereocenters. The molecular weight excluding hydrogens is 785 g/mol. The number of hydrogen-bond acceptors (Lipinski definition) is 11. The standard InChI is InChI=1S/C46H54N12O4/c1-30-25-39(49-27-37(30)46(62)52-40-6-4-5-31(2)50-40)43-42(44(47)61)45-51-38-12-11-36(26-33(38)15-20-58(45)53-43)56-23-21-54(22-24-56)28-32-13-17-55(18-14-32)34-7-9-35(10-8-34)57(29-59)19-16-41(60)48-3/h4-12,25-27,29,32,51H,13-24,28H2,1-3H3,(H2,47,61)(H,48,60)(H,50,52,62). The molecule has 3 aliphatic heterocycles. The van der Waals surface area contributed by atoms with Crippen molar-refractivity contribution in [3.8, 4) is 11.4 Å². The van der Waals surface area contributed by atoms with E-state index in [4.69, 9.17) is 10.8 Å². The van der Waals surface area contributed by atoms with Gasteiger partial charge in [-0.2, -0.15) is 5.10 Å². The SMILES string of the molecule is CNC(=O)CCN(C=O)c1ccc(N2CCC(CN3CCN(c4ccc5c(c4)CCn4nc(-c6cc(C)c(C(=O)Nc7cccc(C)n7)cn6)c(C(N)=O)c4N5)CC3)CC2)cc1. The van der Waals surface area contributed by atoms with Crippen molar-refractivity contribution in [2.75, 3.05) is 84.7 Å². The van der Waals surface area contributed by atoms with Crippen LogP contribution in [0.1, 0.15) is 56.8 Å². The van der Waals surface area contributed by atoms with Crippen molar-refractivity contribution in [2.45, 2.75) is 46.1 Å². The number of anilines is 6. The fourth-order valence-electron chi connectivity index (χ4n) is 8.71. The van der Waals surface area contributed by atoms with E-state index in [1.807, 2.05) is 38.1 Å². The van der Waals surface area contributed by atoms with Crippen LogP contribution >= 0.6 is 0 Å². The van der Waals surface area contributed by atoms with Crippen molar-refractivity contribution in [3.63, 3.8) is 0 Å². The number of hydrogen-bond donors (Lipinski definition) is 4. The van der Waals surface area contributed by atoms with Gasteiger partial charge in [0.25, 0.3) is 11.8 Å². The van der Waals surface area contributed by atoms with Crippen molar-refractivity contribution in [3.05, 3.63) is 101 Å². The van der Waals surface area contributed by atoms with E-state index >= 15 is 0 Å². The summed E-state index contributed by atoms with van der Waals surface area (Å²) in [6, 6.07) is 21.7. The summed E-state index contributed by atoms with van der Waals surface area (Å²) in [6.07, 6.45) is 5.52. The van der Waals surface area contributed by atoms with E-state index in [9.17, 15) is 19.2 Å². The number of carbonyl (C=O) groups is 4. The summed E-state index contributed by atoms with van der Waals surface area (Å²) in [5.41, 5.74) is 14.1. The Morgan fingerprint density at radius 3 is 2.35 bits per heavy atom. The first-order valence-electron chi connectivity index (χ1n) is 21.3. The van der Waals surface area contributed by atoms with Gasteiger partial charge in [-0.05, 0) is 111 Å². The van der Waals surface area contributed by atoms with Crippen LogP contribution in [0.2, 0.25) is 0 Å². The lowest BCUT2D eigenvalue weighted by Gasteiger charge is -2.40. The molecule has 4 amide bonds. The molecule has 16 heteroatoms. The van der Waals surface area contributed by atoms with Gasteiger partial charge in [0.05, 0.1) is 11.3 Å². The summed E-state index contributed by atoms with van der Waals surface area (Å²) < 4.78 is 1.79. The number of piperazine rings is 1. The molecule has 2 aromatic carbocycles. The molecule has 0 aliphatic carbocycles. The van der Waals surface area contributed by atoms with E-state index in [0.717, 1.165) is 93.4 Å². The summed E-state index contributed by atoms with van der Waals surface area (Å²) in [5, 5.41) is 13.7. The quantitative estimate of drug-likeness (QED) is 0.120. The normalized spacial score (nSPS) is 15.5. The number of pyridine rings is 2. The number of carbonyl (C=O) groups excluding carboxylic acids is 4. The minimum atomic E-state index is -0.616. The summed E-state index contributed by atoms with van der Waals surface area (Å²) >= 11 is 0. The minimum Gasteiger partial charge on any atom is -0.372 e. The highest BCUT2D eigenvalue weighted by Gasteiger charge is 2.29. The second-order valence-electron chi connectivity index (χ2n) is 16.3. The number of nitrogens with one attached hydrogen (secondary N) is 3. The number of piperidine rings is 1. The van der Waals surface area contributed by atoms with Gasteiger partial charge in [-0.1, -0.05) is 6.07 Å². The molecule has 8 rings (SSSR count). The Morgan fingerprint density at radius 2 is 1.66 bits per heavy atom. The van der Waals surface area contributed by atoms with Crippen LogP contribution in [-0.2, 0) is 22.6 Å². The van der Waals surface area contributed by atoms with Crippen molar-refractivity contribution >= 4 is 58.5 Å². The molecule has 0 radical (unpaired) electrons. The molecule has 0 saturated carbocycles. The molecule has 6 heterocycles. The van der Waals surface area contributed by atoms with Gasteiger partial charge in [0.2, 0.25) is 12.3 Å². The molecule has 0 unspecified atom stereocenters. The van der Waals surface area contributed by atoms with Gasteiger partial charge in [-0.25, -0.2) is 9.67 Å². The lowest BCUT2D eigenvalue weighted by molar-refractivity contribution is -0.120. The van der Waals surface area contributed by atoms with E-state index in [-0.39, 0.29) is 23.8 Å². The van der Waals surface area contributed by atoms with Crippen LogP contribution in [0.15, 0.2) is 72.9 Å². The smallest absolute Gasteiger partial charge is 0.258 e. The van der Waals surface area contributed by atoms with Crippen LogP contribution in [0, 0.1) is 19.8 Å². The highest BCUT2D eigenvalue weighted by Crippen LogP contribution is 2.36. The lowest BCUT2D eigenvalue weighted by Crippen LogP contribution is -2.49. The van der Waals surface area contributed by atoms with Gasteiger partial charge in [-0.15, -0.1) is 0 Å². The maximum absolute atomic E-state index is 13.1. The van der Waals surface area contributed by atoms with Crippen molar-refractivity contribution in [2.24, 2.45) is 11.7 Å². The fourth-order valence-corrected chi connectivity index (χ4v) is 8.71. The zero-order chi connectivity index (χ0) is 43.3. The Labute approximate surface area is 361 Å². The Bertz CT molecular complexity index is 2450. The third-order valence-electron chi connectivity index (χ3n) is 12.3. The number of primary amides is 1. The third kappa shape index (κ3) is 9.24. The van der Waals surface area contributed by atoms with Gasteiger partial charge < -0.3 is 36.4 Å². The number of benzene rings is 2. The molecule has 3 aliphatic rings. The zero-order valence-electron chi connectivity index (χ0n) is 35.6. The average molecular weight is 839 g/mol. The van der Waals surface area contributed by atoms with Gasteiger partial charge in [0.1, 0.15) is 22.9 Å². The first-order chi connectivity index (χ1) is 30.1. The predicted molar refractivity (Wildman–Crippen MR) is 241 cm³/mol. The highest BCUT2D eigenvalue weighted by molar-refractivity contribution is 6.06. The maximum Gasteiger partial charge on any atom is 0.258 e. The zero-order valence-corrected chi connectivity index (χ0v) is 35.6. The summed E-state index contributed by atoms with van der Waals surface area (Å²) in [7, 11) is 1.60. The van der Waals surface area contributed by atoms with Crippen LogP contribution in [0.25, 0.3) is 11.4 Å². The second-order valence-corrected chi connectivity index (χ2v) is 16.3. The maximum atomic E-state index is 13.1. The van der Waals surface area contributed by atoms with Crippen molar-refractivity contribution in [1.82, 2.24) is 30.0 Å². The fraction of sp³-hybridized carbons (Fsp3) is 0.370. The van der Waals surface area contributed by atoms with E-state index in [0.29, 0.717) is 59.6 Å². The number of aromatic nitrogens is 4. The Kier molecular flexibility index (Phi) is 12.5. The molecule has 0 spiro atoms. The minimum absolute atomic E-state index is 0.0909. The number of fused-ring (bicyclic) bond motifs is 2. The lowest BCUT2D eigenvalue weighted by atomic mass is 9.95. The Balaban J connectivity index is 0.847. The van der Waals surface area contributed by atoms with Gasteiger partial charge >= 0.3 is 0 Å². The first kappa shape index (κ1) is 41.9. The molecule has 0 bridgehead atoms. The number of aryl methyl sites for hydroxylation is 4. The van der Waals surface area contributed by atoms with Gasteiger partial charge in [-0.3, -0.25) is 29.1 Å². The number of nitrogens with two attached hydrogens (primary N) is 1. The molecule has 5 aromatic rings. The number of amides is 4. The highest BCUT2D eigenvalue weighted by atomic mass is 16.2. The largest absolute Gasteiger partial charge is 0.372 e. The Hall–Kier alpha value is -6.81. The second kappa shape index (κ2) is 18.4. The summed E-state index contributed by atoms with van der Waals surface area (Å²) in [5.74, 6) is 0.598. The molecule has 62 heavy (non-hydrogen) atoms. The van der Waals surface area contributed by atoms with Crippen LogP contribution < -0.4 is 36.4 Å². The van der Waals surface area contributed by atoms with Crippen LogP contribution in [0.4, 0.5) is 34.4 Å². The predicted octanol–water partition coefficient (Wildman–Crippen LogP) is 4.75. The summed E-state index contributed by atoms with van der Waals surface area (Å²) in [6.45, 7) is 11.6. The summed E-state index contributed by atoms with van der Waals surface area (Å²) in [4.78, 5) is 67.4. The van der Waals surface area contributed by atoms with Crippen molar-refractivity contribution in [1.29, 1.82) is 0 Å². The molecule has 3 aromatic heterocycles. The van der Waals surface area contributed by atoms with Crippen LogP contribution in [0.3, 0.4) is 0 Å². The Morgan fingerprint density at radius 1 is 0.919 bits per heavy atom. The van der Waals surface area contributed by atoms with Crippen molar-refractivity contribution < 1.29 is 19.2 Å². The molecule has 16 nitrogen and oxygen atoms in total. The third-order valence-corrected chi connectivity index (χ3v) is 12.3. The van der Waals surface area contributed by atoms with Crippen LogP contribution in [0.5, 0.6) is 0 Å². The monoisotopic (exact) mass is 838 g/mol. The number of nitrogens with zero attached hydrogens (tertiary/aromatic N) is 8. The van der Waals surface area contributed by atoms with E-state index < -0.39 is 5.91 Å². The molecule has 5 N–H and O–H groups in total. The van der Waals surface area contributed by atoms with E-state index in [1.54, 1.807) is 28.8 Å². The van der Waals surface area contributed by atoms with Crippen LogP contribution in [-0.4, -0.2) is 108 Å². The van der Waals surface area contributed by atoms with Gasteiger partial charge in [0, 0.05) is 107 Å². The molecule has 2 saturated heterocycles.